The van der Waals surface area contributed by atoms with E-state index in [4.69, 9.17) is 23.2 Å². The summed E-state index contributed by atoms with van der Waals surface area (Å²) in [5, 5.41) is 0.118. The Bertz CT molecular complexity index is 103. The molecule has 0 saturated heterocycles. The monoisotopic (exact) mass is 166 g/mol. The fourth-order valence-corrected chi connectivity index (χ4v) is 0.692. The number of hydrogen-bond donors (Lipinski definition) is 0. The van der Waals surface area contributed by atoms with Gasteiger partial charge in [0.15, 0.2) is 0 Å². The minimum absolute atomic E-state index is 0.00328. The number of alkyl halides is 1. The lowest BCUT2D eigenvalue weighted by Crippen LogP contribution is -2.18. The van der Waals surface area contributed by atoms with E-state index in [1.165, 1.54) is 5.54 Å². The first-order valence-corrected chi connectivity index (χ1v) is 3.80. The van der Waals surface area contributed by atoms with E-state index >= 15 is 0 Å². The van der Waals surface area contributed by atoms with Gasteiger partial charge in [-0.1, -0.05) is 31.5 Å². The summed E-state index contributed by atoms with van der Waals surface area (Å²) >= 11 is 11.2. The van der Waals surface area contributed by atoms with Crippen molar-refractivity contribution in [1.82, 2.24) is 0 Å². The molecule has 0 aliphatic heterocycles. The normalized spacial score (nSPS) is 16.6. The molecule has 1 atom stereocenters. The Hall–Kier alpha value is 0.320. The molecular weight excluding hydrogens is 155 g/mol. The molecule has 0 aromatic heterocycles. The highest BCUT2D eigenvalue weighted by atomic mass is 35.5. The van der Waals surface area contributed by atoms with Gasteiger partial charge in [0, 0.05) is 10.9 Å². The molecule has 0 radical (unpaired) electrons. The number of allylic oxidation sites excluding steroid dienone is 1. The van der Waals surface area contributed by atoms with Gasteiger partial charge < -0.3 is 0 Å². The van der Waals surface area contributed by atoms with Crippen LogP contribution in [-0.2, 0) is 0 Å². The van der Waals surface area contributed by atoms with Crippen molar-refractivity contribution in [3.8, 4) is 0 Å². The number of halogens is 2. The first-order valence-electron chi connectivity index (χ1n) is 2.92. The quantitative estimate of drug-likeness (QED) is 0.553. The molecule has 0 heterocycles. The summed E-state index contributed by atoms with van der Waals surface area (Å²) < 4.78 is 0. The third-order valence-corrected chi connectivity index (χ3v) is 2.21. The van der Waals surface area contributed by atoms with Crippen LogP contribution in [0, 0.1) is 5.41 Å². The van der Waals surface area contributed by atoms with Gasteiger partial charge in [-0.25, -0.2) is 0 Å². The van der Waals surface area contributed by atoms with E-state index in [2.05, 4.69) is 0 Å². The minimum atomic E-state index is 0.00328. The van der Waals surface area contributed by atoms with Gasteiger partial charge in [0.1, 0.15) is 0 Å². The Morgan fingerprint density at radius 2 is 1.89 bits per heavy atom. The fraction of sp³-hybridized carbons (Fsp3) is 0.714. The molecule has 0 N–H and O–H groups in total. The summed E-state index contributed by atoms with van der Waals surface area (Å²) in [6.45, 7) is 6.05. The molecular formula is C7H12Cl2. The van der Waals surface area contributed by atoms with E-state index in [0.717, 1.165) is 0 Å². The number of rotatable bonds is 2. The molecule has 0 nitrogen and oxygen atoms in total. The van der Waals surface area contributed by atoms with Crippen molar-refractivity contribution in [3.63, 3.8) is 0 Å². The smallest absolute Gasteiger partial charge is 0.0393 e. The average Bonchev–Trinajstić information content (AvgIpc) is 1.65. The highest BCUT2D eigenvalue weighted by molar-refractivity contribution is 6.25. The Kier molecular flexibility index (Phi) is 3.60. The van der Waals surface area contributed by atoms with Crippen LogP contribution in [0.15, 0.2) is 11.6 Å². The van der Waals surface area contributed by atoms with Crippen LogP contribution in [0.25, 0.3) is 0 Å². The highest BCUT2D eigenvalue weighted by Crippen LogP contribution is 2.26. The largest absolute Gasteiger partial charge is 0.122 e. The molecule has 0 bridgehead atoms. The van der Waals surface area contributed by atoms with Crippen LogP contribution in [0.3, 0.4) is 0 Å². The van der Waals surface area contributed by atoms with Gasteiger partial charge in [0.25, 0.3) is 0 Å². The molecule has 0 aliphatic rings. The van der Waals surface area contributed by atoms with Crippen molar-refractivity contribution in [2.75, 3.05) is 0 Å². The molecule has 0 aromatic rings. The molecule has 0 fully saturated rings. The van der Waals surface area contributed by atoms with Gasteiger partial charge >= 0.3 is 0 Å². The second kappa shape index (κ2) is 3.48. The minimum Gasteiger partial charge on any atom is -0.122 e. The fourth-order valence-electron chi connectivity index (χ4n) is 0.295. The molecule has 0 saturated carbocycles. The Balaban J connectivity index is 4.01. The Morgan fingerprint density at radius 3 is 2.00 bits per heavy atom. The summed E-state index contributed by atoms with van der Waals surface area (Å²) in [5.74, 6) is 0. The van der Waals surface area contributed by atoms with Crippen LogP contribution < -0.4 is 0 Å². The molecule has 1 unspecified atom stereocenters. The molecule has 0 rings (SSSR count). The van der Waals surface area contributed by atoms with Crippen LogP contribution in [0.4, 0.5) is 0 Å². The molecule has 54 valence electrons. The Morgan fingerprint density at radius 1 is 1.44 bits per heavy atom. The van der Waals surface area contributed by atoms with Crippen molar-refractivity contribution >= 4 is 23.2 Å². The van der Waals surface area contributed by atoms with Gasteiger partial charge in [-0.3, -0.25) is 0 Å². The van der Waals surface area contributed by atoms with E-state index in [1.54, 1.807) is 0 Å². The van der Waals surface area contributed by atoms with E-state index in [1.807, 2.05) is 26.8 Å². The summed E-state index contributed by atoms with van der Waals surface area (Å²) in [5.41, 5.74) is 1.52. The molecule has 0 amide bonds. The second-order valence-corrected chi connectivity index (χ2v) is 3.64. The predicted molar refractivity (Wildman–Crippen MR) is 44.1 cm³/mol. The molecule has 2 heteroatoms. The van der Waals surface area contributed by atoms with Crippen molar-refractivity contribution in [1.29, 1.82) is 0 Å². The SMILES string of the molecule is CC(Cl)C(C)(C)/C=C/Cl. The van der Waals surface area contributed by atoms with Gasteiger partial charge in [-0.15, -0.1) is 11.6 Å². The maximum Gasteiger partial charge on any atom is 0.0393 e. The summed E-state index contributed by atoms with van der Waals surface area (Å²) in [6.07, 6.45) is 1.90. The maximum atomic E-state index is 5.84. The lowest BCUT2D eigenvalue weighted by Gasteiger charge is -2.22. The zero-order valence-electron chi connectivity index (χ0n) is 5.99. The van der Waals surface area contributed by atoms with E-state index < -0.39 is 0 Å². The highest BCUT2D eigenvalue weighted by Gasteiger charge is 2.19. The first-order chi connectivity index (χ1) is 4.00. The van der Waals surface area contributed by atoms with Gasteiger partial charge in [0.05, 0.1) is 0 Å². The van der Waals surface area contributed by atoms with E-state index in [9.17, 15) is 0 Å². The van der Waals surface area contributed by atoms with E-state index in [0.29, 0.717) is 0 Å². The summed E-state index contributed by atoms with van der Waals surface area (Å²) in [7, 11) is 0. The van der Waals surface area contributed by atoms with Crippen LogP contribution in [0.2, 0.25) is 0 Å². The second-order valence-electron chi connectivity index (χ2n) is 2.73. The van der Waals surface area contributed by atoms with Crippen LogP contribution in [-0.4, -0.2) is 5.38 Å². The maximum absolute atomic E-state index is 5.84. The lowest BCUT2D eigenvalue weighted by atomic mass is 9.90. The predicted octanol–water partition coefficient (Wildman–Crippen LogP) is 3.39. The van der Waals surface area contributed by atoms with Gasteiger partial charge in [0.2, 0.25) is 0 Å². The van der Waals surface area contributed by atoms with Crippen LogP contribution >= 0.6 is 23.2 Å². The molecule has 9 heavy (non-hydrogen) atoms. The molecule has 0 spiro atoms. The average molecular weight is 167 g/mol. The topological polar surface area (TPSA) is 0 Å². The van der Waals surface area contributed by atoms with Crippen molar-refractivity contribution in [2.45, 2.75) is 26.1 Å². The summed E-state index contributed by atoms with van der Waals surface area (Å²) in [6, 6.07) is 0. The molecule has 0 aromatic carbocycles. The van der Waals surface area contributed by atoms with Crippen molar-refractivity contribution in [3.05, 3.63) is 11.6 Å². The van der Waals surface area contributed by atoms with Gasteiger partial charge in [-0.05, 0) is 12.3 Å². The van der Waals surface area contributed by atoms with Crippen LogP contribution in [0.1, 0.15) is 20.8 Å². The zero-order chi connectivity index (χ0) is 7.49. The molecule has 0 aliphatic carbocycles. The third-order valence-electron chi connectivity index (χ3n) is 1.52. The third kappa shape index (κ3) is 3.12. The first kappa shape index (κ1) is 9.32. The lowest BCUT2D eigenvalue weighted by molar-refractivity contribution is 0.471. The van der Waals surface area contributed by atoms with Crippen molar-refractivity contribution < 1.29 is 0 Å². The van der Waals surface area contributed by atoms with Gasteiger partial charge in [-0.2, -0.15) is 0 Å². The van der Waals surface area contributed by atoms with Crippen LogP contribution in [0.5, 0.6) is 0 Å². The van der Waals surface area contributed by atoms with E-state index in [-0.39, 0.29) is 10.8 Å². The standard InChI is InChI=1S/C7H12Cl2/c1-6(9)7(2,3)4-5-8/h4-6H,1-3H3/b5-4+. The number of hydrogen-bond acceptors (Lipinski definition) is 0. The summed E-state index contributed by atoms with van der Waals surface area (Å²) in [4.78, 5) is 0. The van der Waals surface area contributed by atoms with Crippen molar-refractivity contribution in [2.24, 2.45) is 5.41 Å². The zero-order valence-corrected chi connectivity index (χ0v) is 7.50. The Labute approximate surface area is 66.8 Å².